The number of fused-ring (bicyclic) bond motifs is 3. The van der Waals surface area contributed by atoms with Crippen molar-refractivity contribution in [2.75, 3.05) is 5.73 Å². The summed E-state index contributed by atoms with van der Waals surface area (Å²) in [5.74, 6) is 0.517. The maximum absolute atomic E-state index is 10.9. The van der Waals surface area contributed by atoms with Gasteiger partial charge >= 0.3 is 5.97 Å². The maximum Gasteiger partial charge on any atom is 0.320 e. The van der Waals surface area contributed by atoms with E-state index in [9.17, 15) is 4.79 Å². The van der Waals surface area contributed by atoms with Crippen molar-refractivity contribution in [3.05, 3.63) is 30.1 Å². The van der Waals surface area contributed by atoms with E-state index in [1.807, 2.05) is 24.3 Å². The van der Waals surface area contributed by atoms with Crippen LogP contribution >= 0.6 is 0 Å². The van der Waals surface area contributed by atoms with Crippen LogP contribution in [0.1, 0.15) is 44.9 Å². The largest absolute Gasteiger partial charge is 0.480 e. The molecule has 2 heterocycles. The first kappa shape index (κ1) is 19.1. The van der Waals surface area contributed by atoms with Crippen molar-refractivity contribution >= 4 is 33.7 Å². The summed E-state index contributed by atoms with van der Waals surface area (Å²) >= 11 is 0. The molecule has 0 unspecified atom stereocenters. The van der Waals surface area contributed by atoms with E-state index in [0.29, 0.717) is 12.2 Å². The van der Waals surface area contributed by atoms with Gasteiger partial charge in [-0.3, -0.25) is 4.79 Å². The van der Waals surface area contributed by atoms with Crippen LogP contribution in [0.3, 0.4) is 0 Å². The predicted octanol–water partition coefficient (Wildman–Crippen LogP) is 3.09. The smallest absolute Gasteiger partial charge is 0.320 e. The van der Waals surface area contributed by atoms with Crippen molar-refractivity contribution in [1.29, 1.82) is 0 Å². The molecule has 7 heteroatoms. The molecule has 3 rings (SSSR count). The molecule has 0 bridgehead atoms. The van der Waals surface area contributed by atoms with E-state index in [0.717, 1.165) is 66.4 Å². The molecule has 0 fully saturated rings. The average molecular weight is 369 g/mol. The van der Waals surface area contributed by atoms with Crippen molar-refractivity contribution in [3.63, 3.8) is 0 Å². The molecule has 7 nitrogen and oxygen atoms in total. The number of benzene rings is 1. The van der Waals surface area contributed by atoms with Crippen LogP contribution in [-0.2, 0) is 17.8 Å². The van der Waals surface area contributed by atoms with Crippen LogP contribution in [0.5, 0.6) is 0 Å². The number of rotatable bonds is 9. The van der Waals surface area contributed by atoms with Gasteiger partial charge in [0.15, 0.2) is 5.82 Å². The number of carboxylic acid groups (broad SMARTS) is 1. The number of anilines is 1. The Morgan fingerprint density at radius 3 is 2.74 bits per heavy atom. The standard InChI is InChI=1S/C20H27N5O2/c1-2-3-11-16-24-17-18(13-8-4-5-10-15(13)23-19(17)22)25(16)12-7-6-9-14(21)20(26)27/h4-5,8,10,14H,2-3,6-7,9,11-12,21H2,1H3,(H2,22,23)(H,26,27)/t14-/m1/s1. The lowest BCUT2D eigenvalue weighted by Gasteiger charge is -2.11. The van der Waals surface area contributed by atoms with Crippen LogP contribution in [0.4, 0.5) is 5.82 Å². The van der Waals surface area contributed by atoms with Crippen LogP contribution in [0.2, 0.25) is 0 Å². The van der Waals surface area contributed by atoms with Gasteiger partial charge < -0.3 is 21.1 Å². The Labute approximate surface area is 158 Å². The first-order valence-electron chi connectivity index (χ1n) is 9.54. The summed E-state index contributed by atoms with van der Waals surface area (Å²) in [6.07, 6.45) is 5.08. The van der Waals surface area contributed by atoms with Gasteiger partial charge in [0.25, 0.3) is 0 Å². The number of carboxylic acids is 1. The van der Waals surface area contributed by atoms with Gasteiger partial charge in [0.05, 0.1) is 11.0 Å². The van der Waals surface area contributed by atoms with E-state index in [4.69, 9.17) is 21.6 Å². The first-order chi connectivity index (χ1) is 13.0. The topological polar surface area (TPSA) is 120 Å². The summed E-state index contributed by atoms with van der Waals surface area (Å²) in [6, 6.07) is 7.15. The fourth-order valence-electron chi connectivity index (χ4n) is 3.43. The molecule has 0 saturated heterocycles. The highest BCUT2D eigenvalue weighted by Gasteiger charge is 2.17. The van der Waals surface area contributed by atoms with Crippen molar-refractivity contribution in [2.24, 2.45) is 5.73 Å². The zero-order valence-electron chi connectivity index (χ0n) is 15.7. The Balaban J connectivity index is 1.96. The molecule has 0 aliphatic heterocycles. The maximum atomic E-state index is 10.9. The van der Waals surface area contributed by atoms with Crippen LogP contribution < -0.4 is 11.5 Å². The number of imidazole rings is 1. The fourth-order valence-corrected chi connectivity index (χ4v) is 3.43. The van der Waals surface area contributed by atoms with E-state index in [-0.39, 0.29) is 0 Å². The first-order valence-corrected chi connectivity index (χ1v) is 9.54. The number of hydrogen-bond donors (Lipinski definition) is 3. The van der Waals surface area contributed by atoms with Gasteiger partial charge in [-0.15, -0.1) is 0 Å². The molecule has 0 saturated carbocycles. The number of aromatic nitrogens is 3. The summed E-state index contributed by atoms with van der Waals surface area (Å²) in [4.78, 5) is 20.2. The lowest BCUT2D eigenvalue weighted by molar-refractivity contribution is -0.138. The molecule has 0 spiro atoms. The molecule has 3 aromatic rings. The Kier molecular flexibility index (Phi) is 5.91. The third-order valence-corrected chi connectivity index (χ3v) is 4.91. The minimum atomic E-state index is -0.948. The molecule has 0 radical (unpaired) electrons. The Bertz CT molecular complexity index is 950. The minimum Gasteiger partial charge on any atom is -0.480 e. The number of aryl methyl sites for hydroxylation is 2. The van der Waals surface area contributed by atoms with Gasteiger partial charge in [0.2, 0.25) is 0 Å². The van der Waals surface area contributed by atoms with Crippen molar-refractivity contribution < 1.29 is 9.90 Å². The van der Waals surface area contributed by atoms with Gasteiger partial charge in [0.1, 0.15) is 17.4 Å². The number of nitrogens with two attached hydrogens (primary N) is 2. The molecule has 144 valence electrons. The van der Waals surface area contributed by atoms with E-state index >= 15 is 0 Å². The van der Waals surface area contributed by atoms with E-state index < -0.39 is 12.0 Å². The molecule has 1 atom stereocenters. The summed E-state index contributed by atoms with van der Waals surface area (Å²) in [6.45, 7) is 2.92. The van der Waals surface area contributed by atoms with E-state index in [1.165, 1.54) is 0 Å². The Morgan fingerprint density at radius 1 is 1.22 bits per heavy atom. The zero-order valence-corrected chi connectivity index (χ0v) is 15.7. The molecule has 0 amide bonds. The van der Waals surface area contributed by atoms with Gasteiger partial charge in [-0.05, 0) is 31.7 Å². The van der Waals surface area contributed by atoms with Crippen molar-refractivity contribution in [3.8, 4) is 0 Å². The third kappa shape index (κ3) is 4.03. The summed E-state index contributed by atoms with van der Waals surface area (Å²) < 4.78 is 2.23. The lowest BCUT2D eigenvalue weighted by atomic mass is 10.1. The number of nitrogens with zero attached hydrogens (tertiary/aromatic N) is 3. The van der Waals surface area contributed by atoms with Crippen LogP contribution in [-0.4, -0.2) is 31.7 Å². The highest BCUT2D eigenvalue weighted by Crippen LogP contribution is 2.29. The molecule has 0 aliphatic carbocycles. The zero-order chi connectivity index (χ0) is 19.4. The van der Waals surface area contributed by atoms with Crippen LogP contribution in [0, 0.1) is 0 Å². The molecular weight excluding hydrogens is 342 g/mol. The number of para-hydroxylation sites is 1. The Morgan fingerprint density at radius 2 is 2.00 bits per heavy atom. The highest BCUT2D eigenvalue weighted by molar-refractivity contribution is 6.06. The quantitative estimate of drug-likeness (QED) is 0.499. The second-order valence-corrected chi connectivity index (χ2v) is 6.94. The molecule has 27 heavy (non-hydrogen) atoms. The average Bonchev–Trinajstić information content (AvgIpc) is 3.02. The number of unbranched alkanes of at least 4 members (excludes halogenated alkanes) is 2. The molecule has 2 aromatic heterocycles. The summed E-state index contributed by atoms with van der Waals surface area (Å²) in [7, 11) is 0. The lowest BCUT2D eigenvalue weighted by Crippen LogP contribution is -2.29. The summed E-state index contributed by atoms with van der Waals surface area (Å²) in [5.41, 5.74) is 14.4. The molecular formula is C20H27N5O2. The second kappa shape index (κ2) is 8.35. The van der Waals surface area contributed by atoms with Crippen LogP contribution in [0.25, 0.3) is 21.9 Å². The Hall–Kier alpha value is -2.67. The van der Waals surface area contributed by atoms with Gasteiger partial charge in [-0.2, -0.15) is 0 Å². The van der Waals surface area contributed by atoms with E-state index in [2.05, 4.69) is 16.5 Å². The van der Waals surface area contributed by atoms with E-state index in [1.54, 1.807) is 0 Å². The monoisotopic (exact) mass is 369 g/mol. The minimum absolute atomic E-state index is 0.452. The van der Waals surface area contributed by atoms with Crippen LogP contribution in [0.15, 0.2) is 24.3 Å². The molecule has 0 aliphatic rings. The number of nitrogen functional groups attached to an aromatic ring is 1. The van der Waals surface area contributed by atoms with Gasteiger partial charge in [-0.1, -0.05) is 31.5 Å². The predicted molar refractivity (Wildman–Crippen MR) is 108 cm³/mol. The van der Waals surface area contributed by atoms with Crippen molar-refractivity contribution in [2.45, 2.75) is 58.0 Å². The number of aliphatic carboxylic acids is 1. The third-order valence-electron chi connectivity index (χ3n) is 4.91. The van der Waals surface area contributed by atoms with Gasteiger partial charge in [0, 0.05) is 18.4 Å². The molecule has 1 aromatic carbocycles. The second-order valence-electron chi connectivity index (χ2n) is 6.94. The molecule has 5 N–H and O–H groups in total. The van der Waals surface area contributed by atoms with Gasteiger partial charge in [-0.25, -0.2) is 9.97 Å². The summed E-state index contributed by atoms with van der Waals surface area (Å²) in [5, 5.41) is 9.98. The number of carbonyl (C=O) groups is 1. The number of hydrogen-bond acceptors (Lipinski definition) is 5. The SMILES string of the molecule is CCCCc1nc2c(N)nc3ccccc3c2n1CCCC[C@@H](N)C(=O)O. The normalized spacial score (nSPS) is 12.7. The van der Waals surface area contributed by atoms with Crippen molar-refractivity contribution in [1.82, 2.24) is 14.5 Å². The number of pyridine rings is 1. The highest BCUT2D eigenvalue weighted by atomic mass is 16.4. The fraction of sp³-hybridized carbons (Fsp3) is 0.450.